The van der Waals surface area contributed by atoms with Crippen LogP contribution >= 0.6 is 0 Å². The van der Waals surface area contributed by atoms with E-state index in [1.54, 1.807) is 18.5 Å². The lowest BCUT2D eigenvalue weighted by atomic mass is 9.87. The van der Waals surface area contributed by atoms with Crippen molar-refractivity contribution < 1.29 is 22.7 Å². The number of nitrogens with zero attached hydrogens (tertiary/aromatic N) is 2. The summed E-state index contributed by atoms with van der Waals surface area (Å²) in [7, 11) is -2.09. The van der Waals surface area contributed by atoms with Crippen LogP contribution < -0.4 is 10.0 Å². The summed E-state index contributed by atoms with van der Waals surface area (Å²) in [6.07, 6.45) is 5.28. The van der Waals surface area contributed by atoms with Gasteiger partial charge in [0.1, 0.15) is 5.82 Å². The molecule has 27 heavy (non-hydrogen) atoms. The second kappa shape index (κ2) is 9.32. The molecule has 152 valence electrons. The van der Waals surface area contributed by atoms with E-state index in [1.807, 2.05) is 0 Å². The maximum Gasteiger partial charge on any atom is 0.307 e. The highest BCUT2D eigenvalue weighted by Crippen LogP contribution is 2.23. The molecule has 2 N–H and O–H groups in total. The molecule has 1 amide bonds. The molecule has 1 saturated carbocycles. The minimum atomic E-state index is -3.78. The lowest BCUT2D eigenvalue weighted by Crippen LogP contribution is -2.39. The number of imidazole rings is 1. The highest BCUT2D eigenvalue weighted by molar-refractivity contribution is 7.89. The first-order valence-corrected chi connectivity index (χ1v) is 10.6. The van der Waals surface area contributed by atoms with Crippen molar-refractivity contribution in [1.29, 1.82) is 0 Å². The maximum absolute atomic E-state index is 12.1. The van der Waals surface area contributed by atoms with Crippen LogP contribution in [0, 0.1) is 12.8 Å². The number of hydrogen-bond donors (Lipinski definition) is 2. The molecule has 1 aliphatic carbocycles. The lowest BCUT2D eigenvalue weighted by molar-refractivity contribution is -0.148. The fourth-order valence-corrected chi connectivity index (χ4v) is 3.98. The second-order valence-electron chi connectivity index (χ2n) is 7.07. The lowest BCUT2D eigenvalue weighted by Gasteiger charge is -2.26. The Labute approximate surface area is 159 Å². The Morgan fingerprint density at radius 1 is 1.30 bits per heavy atom. The van der Waals surface area contributed by atoms with Crippen molar-refractivity contribution in [3.8, 4) is 0 Å². The van der Waals surface area contributed by atoms with Gasteiger partial charge in [0, 0.05) is 25.8 Å². The number of amides is 1. The van der Waals surface area contributed by atoms with Crippen molar-refractivity contribution in [3.63, 3.8) is 0 Å². The molecule has 10 heteroatoms. The summed E-state index contributed by atoms with van der Waals surface area (Å²) in [5.41, 5.74) is 0. The molecular weight excluding hydrogens is 372 g/mol. The summed E-state index contributed by atoms with van der Waals surface area (Å²) < 4.78 is 33.0. The van der Waals surface area contributed by atoms with E-state index in [0.29, 0.717) is 11.7 Å². The zero-order chi connectivity index (χ0) is 20.0. The zero-order valence-electron chi connectivity index (χ0n) is 16.0. The van der Waals surface area contributed by atoms with Crippen LogP contribution in [0.1, 0.15) is 44.9 Å². The van der Waals surface area contributed by atoms with Crippen molar-refractivity contribution in [2.24, 2.45) is 13.0 Å². The molecule has 2 rings (SSSR count). The van der Waals surface area contributed by atoms with Gasteiger partial charge >= 0.3 is 5.97 Å². The van der Waals surface area contributed by atoms with E-state index in [0.717, 1.165) is 25.7 Å². The van der Waals surface area contributed by atoms with Gasteiger partial charge < -0.3 is 14.6 Å². The molecule has 1 fully saturated rings. The SMILES string of the molecule is Cc1nc(S(=O)(=O)NCCC(=O)OCC(=O)NC2CCC(C)CC2)cn1C. The van der Waals surface area contributed by atoms with E-state index in [4.69, 9.17) is 4.74 Å². The Balaban J connectivity index is 1.66. The molecule has 0 aliphatic heterocycles. The Morgan fingerprint density at radius 2 is 1.96 bits per heavy atom. The van der Waals surface area contributed by atoms with E-state index in [2.05, 4.69) is 21.9 Å². The van der Waals surface area contributed by atoms with Crippen molar-refractivity contribution in [2.75, 3.05) is 13.2 Å². The third-order valence-corrected chi connectivity index (χ3v) is 6.06. The molecule has 1 aromatic rings. The van der Waals surface area contributed by atoms with E-state index in [9.17, 15) is 18.0 Å². The zero-order valence-corrected chi connectivity index (χ0v) is 16.8. The van der Waals surface area contributed by atoms with Crippen molar-refractivity contribution >= 4 is 21.9 Å². The number of nitrogens with one attached hydrogen (secondary N) is 2. The standard InChI is InChI=1S/C17H28N4O5S/c1-12-4-6-14(7-5-12)20-15(22)11-26-17(23)8-9-18-27(24,25)16-10-21(3)13(2)19-16/h10,12,14,18H,4-9,11H2,1-3H3,(H,20,22). The molecule has 0 saturated heterocycles. The summed E-state index contributed by atoms with van der Waals surface area (Å²) in [4.78, 5) is 27.5. The minimum absolute atomic E-state index is 0.1000. The van der Waals surface area contributed by atoms with Gasteiger partial charge in [0.25, 0.3) is 15.9 Å². The van der Waals surface area contributed by atoms with E-state index in [-0.39, 0.29) is 36.5 Å². The quantitative estimate of drug-likeness (QED) is 0.618. The number of esters is 1. The Bertz CT molecular complexity index is 747. The smallest absolute Gasteiger partial charge is 0.307 e. The number of rotatable bonds is 8. The van der Waals surface area contributed by atoms with Crippen LogP contribution in [0.3, 0.4) is 0 Å². The summed E-state index contributed by atoms with van der Waals surface area (Å²) in [6.45, 7) is 3.41. The van der Waals surface area contributed by atoms with Crippen LogP contribution in [-0.4, -0.2) is 49.0 Å². The molecule has 0 radical (unpaired) electrons. The third kappa shape index (κ3) is 6.62. The van der Waals surface area contributed by atoms with E-state index in [1.165, 1.54) is 6.20 Å². The van der Waals surface area contributed by atoms with Crippen LogP contribution in [0.5, 0.6) is 0 Å². The number of carbonyl (C=O) groups is 2. The second-order valence-corrected chi connectivity index (χ2v) is 8.78. The topological polar surface area (TPSA) is 119 Å². The highest BCUT2D eigenvalue weighted by Gasteiger charge is 2.21. The van der Waals surface area contributed by atoms with Gasteiger partial charge in [-0.2, -0.15) is 0 Å². The van der Waals surface area contributed by atoms with Gasteiger partial charge in [0.05, 0.1) is 6.42 Å². The van der Waals surface area contributed by atoms with Crippen LogP contribution in [0.2, 0.25) is 0 Å². The van der Waals surface area contributed by atoms with Gasteiger partial charge in [0.15, 0.2) is 11.6 Å². The van der Waals surface area contributed by atoms with Gasteiger partial charge in [-0.25, -0.2) is 18.1 Å². The monoisotopic (exact) mass is 400 g/mol. The van der Waals surface area contributed by atoms with Crippen molar-refractivity contribution in [1.82, 2.24) is 19.6 Å². The van der Waals surface area contributed by atoms with Gasteiger partial charge in [-0.3, -0.25) is 9.59 Å². The van der Waals surface area contributed by atoms with E-state index >= 15 is 0 Å². The number of carbonyl (C=O) groups excluding carboxylic acids is 2. The van der Waals surface area contributed by atoms with Crippen LogP contribution in [0.4, 0.5) is 0 Å². The Morgan fingerprint density at radius 3 is 2.56 bits per heavy atom. The first kappa shape index (κ1) is 21.4. The summed E-state index contributed by atoms with van der Waals surface area (Å²) in [5, 5.41) is 2.77. The highest BCUT2D eigenvalue weighted by atomic mass is 32.2. The molecule has 0 aromatic carbocycles. The molecule has 0 atom stereocenters. The average Bonchev–Trinajstić information content (AvgIpc) is 2.95. The maximum atomic E-state index is 12.1. The molecule has 9 nitrogen and oxygen atoms in total. The predicted octanol–water partition coefficient (Wildman–Crippen LogP) is 0.635. The summed E-state index contributed by atoms with van der Waals surface area (Å²) in [5.74, 6) is 0.290. The first-order chi connectivity index (χ1) is 12.7. The largest absolute Gasteiger partial charge is 0.456 e. The van der Waals surface area contributed by atoms with Crippen molar-refractivity contribution in [3.05, 3.63) is 12.0 Å². The Kier molecular flexibility index (Phi) is 7.37. The Hall–Kier alpha value is -1.94. The molecule has 1 heterocycles. The average molecular weight is 401 g/mol. The van der Waals surface area contributed by atoms with Gasteiger partial charge in [-0.1, -0.05) is 6.92 Å². The molecule has 0 unspecified atom stereocenters. The van der Waals surface area contributed by atoms with E-state index < -0.39 is 16.0 Å². The van der Waals surface area contributed by atoms with Gasteiger partial charge in [-0.05, 0) is 38.5 Å². The first-order valence-electron chi connectivity index (χ1n) is 9.12. The molecule has 1 aromatic heterocycles. The normalized spacial score (nSPS) is 20.3. The molecule has 0 spiro atoms. The van der Waals surface area contributed by atoms with Gasteiger partial charge in [-0.15, -0.1) is 0 Å². The predicted molar refractivity (Wildman–Crippen MR) is 98.3 cm³/mol. The van der Waals surface area contributed by atoms with Crippen LogP contribution in [0.25, 0.3) is 0 Å². The fourth-order valence-electron chi connectivity index (χ4n) is 2.91. The number of sulfonamides is 1. The number of hydrogen-bond acceptors (Lipinski definition) is 6. The molecule has 1 aliphatic rings. The number of aromatic nitrogens is 2. The third-order valence-electron chi connectivity index (χ3n) is 4.73. The molecular formula is C17H28N4O5S. The molecule has 0 bridgehead atoms. The van der Waals surface area contributed by atoms with Crippen molar-refractivity contribution in [2.45, 2.75) is 57.0 Å². The summed E-state index contributed by atoms with van der Waals surface area (Å²) >= 11 is 0. The van der Waals surface area contributed by atoms with Crippen LogP contribution in [-0.2, 0) is 31.4 Å². The van der Waals surface area contributed by atoms with Crippen LogP contribution in [0.15, 0.2) is 11.2 Å². The summed E-state index contributed by atoms with van der Waals surface area (Å²) in [6, 6.07) is 0.140. The minimum Gasteiger partial charge on any atom is -0.456 e. The fraction of sp³-hybridized carbons (Fsp3) is 0.706. The number of ether oxygens (including phenoxy) is 1. The van der Waals surface area contributed by atoms with Gasteiger partial charge in [0.2, 0.25) is 0 Å². The number of aryl methyl sites for hydroxylation is 2.